The predicted molar refractivity (Wildman–Crippen MR) is 129 cm³/mol. The summed E-state index contributed by atoms with van der Waals surface area (Å²) in [5, 5.41) is 22.3. The van der Waals surface area contributed by atoms with Crippen LogP contribution < -0.4 is 10.6 Å². The first-order chi connectivity index (χ1) is 15.9. The number of hydrogen-bond donors (Lipinski definition) is 3. The molecule has 3 N–H and O–H groups in total. The molecule has 3 aromatic heterocycles. The first-order valence-electron chi connectivity index (χ1n) is 10.7. The summed E-state index contributed by atoms with van der Waals surface area (Å²) in [6.45, 7) is 4.84. The number of benzene rings is 1. The van der Waals surface area contributed by atoms with E-state index in [0.29, 0.717) is 41.7 Å². The van der Waals surface area contributed by atoms with Gasteiger partial charge in [0.15, 0.2) is 5.65 Å². The summed E-state index contributed by atoms with van der Waals surface area (Å²) < 4.78 is 1.82. The molecular weight excluding hydrogens is 438 g/mol. The van der Waals surface area contributed by atoms with Gasteiger partial charge in [-0.2, -0.15) is 5.10 Å². The summed E-state index contributed by atoms with van der Waals surface area (Å²) >= 11 is 1.57. The molecule has 2 amide bonds. The summed E-state index contributed by atoms with van der Waals surface area (Å²) in [5.74, 6) is -0.432. The number of carbonyl (C=O) groups excluding carboxylic acids is 2. The fourth-order valence-electron chi connectivity index (χ4n) is 3.47. The van der Waals surface area contributed by atoms with Gasteiger partial charge in [-0.15, -0.1) is 11.3 Å². The van der Waals surface area contributed by atoms with Crippen molar-refractivity contribution < 1.29 is 14.7 Å². The van der Waals surface area contributed by atoms with Gasteiger partial charge in [0.25, 0.3) is 11.8 Å². The number of phenolic OH excluding ortho intramolecular Hbond substituents is 1. The Morgan fingerprint density at radius 1 is 1.09 bits per heavy atom. The summed E-state index contributed by atoms with van der Waals surface area (Å²) in [7, 11) is 0. The van der Waals surface area contributed by atoms with E-state index in [4.69, 9.17) is 4.98 Å². The van der Waals surface area contributed by atoms with Crippen LogP contribution in [0.4, 0.5) is 0 Å². The normalized spacial score (nSPS) is 11.1. The number of pyridine rings is 1. The molecule has 0 spiro atoms. The number of nitrogens with zero attached hydrogens (tertiary/aromatic N) is 3. The van der Waals surface area contributed by atoms with Crippen molar-refractivity contribution in [3.8, 4) is 16.3 Å². The zero-order valence-corrected chi connectivity index (χ0v) is 19.2. The topological polar surface area (TPSA) is 109 Å². The first-order valence-corrected chi connectivity index (χ1v) is 11.6. The SMILES string of the molecule is CC(C)n1ncc2c(C(=O)NCCCNC(=O)c3cccc(O)c3)cc(-c3cccs3)nc21. The quantitative estimate of drug-likeness (QED) is 0.342. The fourth-order valence-corrected chi connectivity index (χ4v) is 4.16. The van der Waals surface area contributed by atoms with E-state index in [-0.39, 0.29) is 23.6 Å². The standard InChI is InChI=1S/C24H25N5O3S/c1-15(2)29-22-19(14-27-29)18(13-20(28-22)21-8-4-11-33-21)24(32)26-10-5-9-25-23(31)16-6-3-7-17(30)12-16/h3-4,6-8,11-15,30H,5,9-10H2,1-2H3,(H,25,31)(H,26,32). The number of aromatic nitrogens is 3. The lowest BCUT2D eigenvalue weighted by Gasteiger charge is -2.11. The smallest absolute Gasteiger partial charge is 0.252 e. The Balaban J connectivity index is 1.43. The zero-order chi connectivity index (χ0) is 23.4. The van der Waals surface area contributed by atoms with Crippen molar-refractivity contribution in [3.63, 3.8) is 0 Å². The van der Waals surface area contributed by atoms with Crippen LogP contribution in [0.15, 0.2) is 54.0 Å². The monoisotopic (exact) mass is 463 g/mol. The number of carbonyl (C=O) groups is 2. The maximum atomic E-state index is 13.0. The second kappa shape index (κ2) is 9.83. The molecule has 0 aliphatic rings. The highest BCUT2D eigenvalue weighted by molar-refractivity contribution is 7.13. The molecule has 0 atom stereocenters. The third-order valence-corrected chi connectivity index (χ3v) is 6.00. The third kappa shape index (κ3) is 5.04. The van der Waals surface area contributed by atoms with Crippen molar-refractivity contribution in [2.24, 2.45) is 0 Å². The summed E-state index contributed by atoms with van der Waals surface area (Å²) in [6, 6.07) is 12.0. The van der Waals surface area contributed by atoms with Gasteiger partial charge in [-0.1, -0.05) is 12.1 Å². The highest BCUT2D eigenvalue weighted by Gasteiger charge is 2.18. The number of aromatic hydroxyl groups is 1. The Morgan fingerprint density at radius 3 is 2.58 bits per heavy atom. The highest BCUT2D eigenvalue weighted by Crippen LogP contribution is 2.28. The van der Waals surface area contributed by atoms with E-state index in [1.165, 1.54) is 12.1 Å². The molecule has 0 fully saturated rings. The molecule has 0 saturated heterocycles. The van der Waals surface area contributed by atoms with Crippen molar-refractivity contribution in [2.75, 3.05) is 13.1 Å². The molecule has 0 bridgehead atoms. The molecular formula is C24H25N5O3S. The van der Waals surface area contributed by atoms with Crippen molar-refractivity contribution in [2.45, 2.75) is 26.3 Å². The number of nitrogens with one attached hydrogen (secondary N) is 2. The van der Waals surface area contributed by atoms with Crippen molar-refractivity contribution in [1.82, 2.24) is 25.4 Å². The molecule has 0 unspecified atom stereocenters. The van der Waals surface area contributed by atoms with Gasteiger partial charge < -0.3 is 15.7 Å². The van der Waals surface area contributed by atoms with Crippen molar-refractivity contribution in [1.29, 1.82) is 0 Å². The van der Waals surface area contributed by atoms with Crippen LogP contribution in [0.1, 0.15) is 47.0 Å². The lowest BCUT2D eigenvalue weighted by atomic mass is 10.1. The van der Waals surface area contributed by atoms with Gasteiger partial charge in [0, 0.05) is 24.7 Å². The molecule has 0 aliphatic carbocycles. The maximum Gasteiger partial charge on any atom is 0.252 e. The molecule has 1 aromatic carbocycles. The molecule has 0 radical (unpaired) electrons. The highest BCUT2D eigenvalue weighted by atomic mass is 32.1. The van der Waals surface area contributed by atoms with Crippen LogP contribution in [0, 0.1) is 0 Å². The molecule has 8 nitrogen and oxygen atoms in total. The molecule has 33 heavy (non-hydrogen) atoms. The van der Waals surface area contributed by atoms with Crippen LogP contribution in [-0.2, 0) is 0 Å². The van der Waals surface area contributed by atoms with E-state index in [2.05, 4.69) is 15.7 Å². The minimum absolute atomic E-state index is 0.0429. The number of rotatable bonds is 8. The van der Waals surface area contributed by atoms with Crippen molar-refractivity contribution in [3.05, 3.63) is 65.2 Å². The Kier molecular flexibility index (Phi) is 6.69. The average Bonchev–Trinajstić information content (AvgIpc) is 3.48. The largest absolute Gasteiger partial charge is 0.508 e. The van der Waals surface area contributed by atoms with E-state index in [9.17, 15) is 14.7 Å². The number of fused-ring (bicyclic) bond motifs is 1. The minimum Gasteiger partial charge on any atom is -0.508 e. The Hall–Kier alpha value is -3.72. The van der Waals surface area contributed by atoms with Crippen LogP contribution in [0.5, 0.6) is 5.75 Å². The molecule has 0 saturated carbocycles. The Labute approximate surface area is 195 Å². The summed E-state index contributed by atoms with van der Waals surface area (Å²) in [6.07, 6.45) is 2.25. The number of amides is 2. The van der Waals surface area contributed by atoms with Gasteiger partial charge in [-0.25, -0.2) is 9.67 Å². The van der Waals surface area contributed by atoms with E-state index in [1.54, 1.807) is 35.7 Å². The minimum atomic E-state index is -0.269. The molecule has 170 valence electrons. The third-order valence-electron chi connectivity index (χ3n) is 5.11. The number of phenols is 1. The van der Waals surface area contributed by atoms with Crippen LogP contribution in [0.2, 0.25) is 0 Å². The Bertz CT molecular complexity index is 1280. The fraction of sp³-hybridized carbons (Fsp3) is 0.250. The van der Waals surface area contributed by atoms with Gasteiger partial charge in [-0.3, -0.25) is 9.59 Å². The molecule has 4 aromatic rings. The summed E-state index contributed by atoms with van der Waals surface area (Å²) in [4.78, 5) is 30.9. The van der Waals surface area contributed by atoms with Crippen molar-refractivity contribution >= 4 is 34.2 Å². The van der Waals surface area contributed by atoms with Crippen LogP contribution >= 0.6 is 11.3 Å². The van der Waals surface area contributed by atoms with Crippen LogP contribution in [0.25, 0.3) is 21.6 Å². The lowest BCUT2D eigenvalue weighted by molar-refractivity contribution is 0.0952. The van der Waals surface area contributed by atoms with Gasteiger partial charge in [0.2, 0.25) is 0 Å². The first kappa shape index (κ1) is 22.5. The van der Waals surface area contributed by atoms with E-state index in [1.807, 2.05) is 36.0 Å². The summed E-state index contributed by atoms with van der Waals surface area (Å²) in [5.41, 5.74) is 2.34. The second-order valence-corrected chi connectivity index (χ2v) is 8.82. The molecule has 4 rings (SSSR count). The van der Waals surface area contributed by atoms with E-state index >= 15 is 0 Å². The molecule has 9 heteroatoms. The van der Waals surface area contributed by atoms with E-state index in [0.717, 1.165) is 10.6 Å². The lowest BCUT2D eigenvalue weighted by Crippen LogP contribution is -2.30. The van der Waals surface area contributed by atoms with Crippen LogP contribution in [0.3, 0.4) is 0 Å². The number of hydrogen-bond acceptors (Lipinski definition) is 6. The maximum absolute atomic E-state index is 13.0. The molecule has 3 heterocycles. The second-order valence-electron chi connectivity index (χ2n) is 7.87. The zero-order valence-electron chi connectivity index (χ0n) is 18.4. The number of thiophene rings is 1. The predicted octanol–water partition coefficient (Wildman–Crippen LogP) is 4.00. The Morgan fingerprint density at radius 2 is 1.88 bits per heavy atom. The van der Waals surface area contributed by atoms with Gasteiger partial charge in [-0.05, 0) is 56.0 Å². The average molecular weight is 464 g/mol. The van der Waals surface area contributed by atoms with Gasteiger partial charge >= 0.3 is 0 Å². The van der Waals surface area contributed by atoms with Gasteiger partial charge in [0.1, 0.15) is 5.75 Å². The van der Waals surface area contributed by atoms with Crippen LogP contribution in [-0.4, -0.2) is 44.8 Å². The molecule has 0 aliphatic heterocycles. The van der Waals surface area contributed by atoms with E-state index < -0.39 is 0 Å². The van der Waals surface area contributed by atoms with Gasteiger partial charge in [0.05, 0.1) is 27.7 Å².